The van der Waals surface area contributed by atoms with Gasteiger partial charge >= 0.3 is 6.09 Å². The minimum Gasteiger partial charge on any atom is -0.503 e. The Morgan fingerprint density at radius 1 is 1.30 bits per heavy atom. The van der Waals surface area contributed by atoms with Crippen LogP contribution in [-0.4, -0.2) is 29.4 Å². The van der Waals surface area contributed by atoms with Crippen LogP contribution in [0, 0.1) is 11.6 Å². The number of hydrogen-bond acceptors (Lipinski definition) is 4. The molecule has 5 nitrogen and oxygen atoms in total. The number of amides is 1. The lowest BCUT2D eigenvalue weighted by Crippen LogP contribution is -2.38. The third kappa shape index (κ3) is 7.27. The van der Waals surface area contributed by atoms with E-state index in [9.17, 15) is 13.6 Å². The molecule has 0 aromatic heterocycles. The highest BCUT2D eigenvalue weighted by Crippen LogP contribution is 2.21. The minimum absolute atomic E-state index is 0.106. The van der Waals surface area contributed by atoms with Gasteiger partial charge in [-0.15, -0.1) is 0 Å². The van der Waals surface area contributed by atoms with Crippen molar-refractivity contribution in [2.24, 2.45) is 0 Å². The highest BCUT2D eigenvalue weighted by molar-refractivity contribution is 5.67. The van der Waals surface area contributed by atoms with Gasteiger partial charge in [-0.25, -0.2) is 13.6 Å². The quantitative estimate of drug-likeness (QED) is 0.701. The standard InChI is InChI=1S/C16H24F2N2O3/c1-10(20-15(22)23-16(2,3)4)5-6-19-9-11-7-12(17)14(21)13(18)8-11/h7-8,10,19,21H,5-6,9H2,1-4H3,(H,20,22). The maximum absolute atomic E-state index is 13.2. The first-order chi connectivity index (χ1) is 10.6. The first-order valence-corrected chi connectivity index (χ1v) is 7.45. The second-order valence-corrected chi connectivity index (χ2v) is 6.42. The molecule has 1 rings (SSSR count). The number of aromatic hydroxyl groups is 1. The number of carbonyl (C=O) groups excluding carboxylic acids is 1. The topological polar surface area (TPSA) is 70.6 Å². The van der Waals surface area contributed by atoms with Gasteiger partial charge in [0.2, 0.25) is 0 Å². The van der Waals surface area contributed by atoms with Crippen LogP contribution in [-0.2, 0) is 11.3 Å². The van der Waals surface area contributed by atoms with Crippen molar-refractivity contribution in [1.29, 1.82) is 0 Å². The number of phenolic OH excluding ortho intramolecular Hbond substituents is 1. The van der Waals surface area contributed by atoms with Crippen molar-refractivity contribution in [3.63, 3.8) is 0 Å². The second-order valence-electron chi connectivity index (χ2n) is 6.42. The number of benzene rings is 1. The van der Waals surface area contributed by atoms with Crippen molar-refractivity contribution in [3.05, 3.63) is 29.3 Å². The van der Waals surface area contributed by atoms with E-state index >= 15 is 0 Å². The lowest BCUT2D eigenvalue weighted by Gasteiger charge is -2.22. The molecule has 3 N–H and O–H groups in total. The maximum Gasteiger partial charge on any atom is 0.407 e. The average molecular weight is 330 g/mol. The monoisotopic (exact) mass is 330 g/mol. The Morgan fingerprint density at radius 2 is 1.87 bits per heavy atom. The van der Waals surface area contributed by atoms with Crippen LogP contribution in [0.5, 0.6) is 5.75 Å². The lowest BCUT2D eigenvalue weighted by molar-refractivity contribution is 0.0506. The number of hydrogen-bond donors (Lipinski definition) is 3. The molecule has 0 radical (unpaired) electrons. The molecule has 0 heterocycles. The third-order valence-corrected chi connectivity index (χ3v) is 2.92. The summed E-state index contributed by atoms with van der Waals surface area (Å²) in [4.78, 5) is 11.6. The van der Waals surface area contributed by atoms with Gasteiger partial charge < -0.3 is 20.5 Å². The number of nitrogens with one attached hydrogen (secondary N) is 2. The summed E-state index contributed by atoms with van der Waals surface area (Å²) in [5.41, 5.74) is -0.153. The molecular weight excluding hydrogens is 306 g/mol. The molecule has 0 aliphatic heterocycles. The second kappa shape index (κ2) is 8.10. The summed E-state index contributed by atoms with van der Waals surface area (Å²) in [6.07, 6.45) is 0.148. The van der Waals surface area contributed by atoms with Crippen LogP contribution in [0.1, 0.15) is 39.7 Å². The largest absolute Gasteiger partial charge is 0.503 e. The lowest BCUT2D eigenvalue weighted by atomic mass is 10.2. The SMILES string of the molecule is CC(CCNCc1cc(F)c(O)c(F)c1)NC(=O)OC(C)(C)C. The molecule has 130 valence electrons. The average Bonchev–Trinajstić information content (AvgIpc) is 2.38. The summed E-state index contributed by atoms with van der Waals surface area (Å²) in [5, 5.41) is 14.7. The summed E-state index contributed by atoms with van der Waals surface area (Å²) in [6.45, 7) is 8.00. The molecule has 1 aromatic carbocycles. The Kier molecular flexibility index (Phi) is 6.75. The van der Waals surface area contributed by atoms with Gasteiger partial charge in [-0.3, -0.25) is 0 Å². The van der Waals surface area contributed by atoms with Crippen molar-refractivity contribution >= 4 is 6.09 Å². The zero-order chi connectivity index (χ0) is 17.6. The fraction of sp³-hybridized carbons (Fsp3) is 0.562. The predicted molar refractivity (Wildman–Crippen MR) is 83.2 cm³/mol. The zero-order valence-corrected chi connectivity index (χ0v) is 13.9. The molecule has 1 aromatic rings. The minimum atomic E-state index is -0.984. The highest BCUT2D eigenvalue weighted by atomic mass is 19.1. The van der Waals surface area contributed by atoms with Gasteiger partial charge in [0.05, 0.1) is 0 Å². The fourth-order valence-electron chi connectivity index (χ4n) is 1.85. The molecule has 7 heteroatoms. The molecular formula is C16H24F2N2O3. The van der Waals surface area contributed by atoms with Gasteiger partial charge in [-0.1, -0.05) is 0 Å². The van der Waals surface area contributed by atoms with E-state index in [0.717, 1.165) is 12.1 Å². The van der Waals surface area contributed by atoms with Crippen molar-refractivity contribution < 1.29 is 23.4 Å². The van der Waals surface area contributed by atoms with Crippen LogP contribution in [0.25, 0.3) is 0 Å². The van der Waals surface area contributed by atoms with E-state index in [-0.39, 0.29) is 12.6 Å². The molecule has 1 atom stereocenters. The number of carbonyl (C=O) groups is 1. The molecule has 0 fully saturated rings. The van der Waals surface area contributed by atoms with Gasteiger partial charge in [0, 0.05) is 12.6 Å². The summed E-state index contributed by atoms with van der Waals surface area (Å²) in [5.74, 6) is -2.94. The van der Waals surface area contributed by atoms with Crippen LogP contribution in [0.15, 0.2) is 12.1 Å². The first kappa shape index (κ1) is 19.2. The molecule has 0 saturated heterocycles. The predicted octanol–water partition coefficient (Wildman–Crippen LogP) is 3.06. The van der Waals surface area contributed by atoms with E-state index in [1.165, 1.54) is 0 Å². The molecule has 0 spiro atoms. The normalized spacial score (nSPS) is 12.8. The fourth-order valence-corrected chi connectivity index (χ4v) is 1.85. The Hall–Kier alpha value is -1.89. The molecule has 1 unspecified atom stereocenters. The van der Waals surface area contributed by atoms with E-state index in [1.807, 2.05) is 6.92 Å². The Balaban J connectivity index is 2.30. The van der Waals surface area contributed by atoms with Gasteiger partial charge in [0.25, 0.3) is 0 Å². The van der Waals surface area contributed by atoms with E-state index in [4.69, 9.17) is 9.84 Å². The number of halogens is 2. The van der Waals surface area contributed by atoms with Crippen molar-refractivity contribution in [2.75, 3.05) is 6.54 Å². The van der Waals surface area contributed by atoms with Crippen LogP contribution < -0.4 is 10.6 Å². The Bertz CT molecular complexity index is 522. The number of ether oxygens (including phenoxy) is 1. The summed E-state index contributed by atoms with van der Waals surface area (Å²) in [7, 11) is 0. The molecule has 1 amide bonds. The molecule has 0 aliphatic rings. The number of phenols is 1. The summed E-state index contributed by atoms with van der Waals surface area (Å²) in [6, 6.07) is 2.05. The van der Waals surface area contributed by atoms with Crippen molar-refractivity contribution in [1.82, 2.24) is 10.6 Å². The molecule has 0 bridgehead atoms. The molecule has 0 aliphatic carbocycles. The van der Waals surface area contributed by atoms with Crippen LogP contribution in [0.3, 0.4) is 0 Å². The van der Waals surface area contributed by atoms with Gasteiger partial charge in [-0.05, 0) is 58.4 Å². The van der Waals surface area contributed by atoms with Gasteiger partial charge in [0.1, 0.15) is 5.60 Å². The highest BCUT2D eigenvalue weighted by Gasteiger charge is 2.17. The van der Waals surface area contributed by atoms with Crippen LogP contribution in [0.2, 0.25) is 0 Å². The smallest absolute Gasteiger partial charge is 0.407 e. The van der Waals surface area contributed by atoms with Gasteiger partial charge in [-0.2, -0.15) is 0 Å². The third-order valence-electron chi connectivity index (χ3n) is 2.92. The van der Waals surface area contributed by atoms with E-state index in [2.05, 4.69) is 10.6 Å². The van der Waals surface area contributed by atoms with Crippen molar-refractivity contribution in [3.8, 4) is 5.75 Å². The Labute approximate surface area is 135 Å². The summed E-state index contributed by atoms with van der Waals surface area (Å²) < 4.78 is 31.5. The van der Waals surface area contributed by atoms with Crippen LogP contribution >= 0.6 is 0 Å². The van der Waals surface area contributed by atoms with Gasteiger partial charge in [0.15, 0.2) is 17.4 Å². The number of rotatable bonds is 6. The van der Waals surface area contributed by atoms with E-state index < -0.39 is 29.1 Å². The van der Waals surface area contributed by atoms with Crippen molar-refractivity contribution in [2.45, 2.75) is 52.3 Å². The molecule has 0 saturated carbocycles. The number of alkyl carbamates (subject to hydrolysis) is 1. The summed E-state index contributed by atoms with van der Waals surface area (Å²) >= 11 is 0. The van der Waals surface area contributed by atoms with Crippen LogP contribution in [0.4, 0.5) is 13.6 Å². The Morgan fingerprint density at radius 3 is 2.39 bits per heavy atom. The maximum atomic E-state index is 13.2. The zero-order valence-electron chi connectivity index (χ0n) is 13.9. The molecule has 23 heavy (non-hydrogen) atoms. The van der Waals surface area contributed by atoms with E-state index in [0.29, 0.717) is 18.5 Å². The first-order valence-electron chi connectivity index (χ1n) is 7.45. The van der Waals surface area contributed by atoms with E-state index in [1.54, 1.807) is 20.8 Å².